The summed E-state index contributed by atoms with van der Waals surface area (Å²) in [5.74, 6) is -0.987. The van der Waals surface area contributed by atoms with Crippen molar-refractivity contribution < 1.29 is 9.90 Å². The first-order chi connectivity index (χ1) is 7.77. The van der Waals surface area contributed by atoms with E-state index in [2.05, 4.69) is 5.10 Å². The van der Waals surface area contributed by atoms with Crippen LogP contribution in [0.4, 0.5) is 0 Å². The molecule has 0 bridgehead atoms. The lowest BCUT2D eigenvalue weighted by atomic mass is 9.79. The molecule has 3 rings (SSSR count). The maximum atomic E-state index is 11.0. The Labute approximate surface area is 92.5 Å². The van der Waals surface area contributed by atoms with Crippen molar-refractivity contribution in [3.63, 3.8) is 0 Å². The fourth-order valence-electron chi connectivity index (χ4n) is 2.32. The summed E-state index contributed by atoms with van der Waals surface area (Å²) in [6.07, 6.45) is 3.46. The van der Waals surface area contributed by atoms with E-state index >= 15 is 0 Å². The van der Waals surface area contributed by atoms with Crippen LogP contribution in [0, 0.1) is 5.92 Å². The number of benzene rings is 1. The Kier molecular flexibility index (Phi) is 1.96. The van der Waals surface area contributed by atoms with Crippen LogP contribution in [-0.2, 0) is 4.79 Å². The summed E-state index contributed by atoms with van der Waals surface area (Å²) in [6, 6.07) is 7.92. The van der Waals surface area contributed by atoms with Crippen molar-refractivity contribution in [2.45, 2.75) is 18.9 Å². The van der Waals surface area contributed by atoms with E-state index in [9.17, 15) is 4.79 Å². The van der Waals surface area contributed by atoms with Crippen molar-refractivity contribution in [3.8, 4) is 0 Å². The highest BCUT2D eigenvalue weighted by molar-refractivity contribution is 5.79. The number of fused-ring (bicyclic) bond motifs is 1. The van der Waals surface area contributed by atoms with Gasteiger partial charge in [0.25, 0.3) is 0 Å². The number of aromatic nitrogens is 2. The van der Waals surface area contributed by atoms with Crippen LogP contribution in [0.5, 0.6) is 0 Å². The van der Waals surface area contributed by atoms with Gasteiger partial charge in [0.05, 0.1) is 23.7 Å². The highest BCUT2D eigenvalue weighted by atomic mass is 16.4. The number of hydrogen-bond donors (Lipinski definition) is 1. The van der Waals surface area contributed by atoms with Crippen LogP contribution in [0.1, 0.15) is 18.9 Å². The second-order valence-corrected chi connectivity index (χ2v) is 4.24. The van der Waals surface area contributed by atoms with Crippen LogP contribution in [0.25, 0.3) is 10.9 Å². The Hall–Kier alpha value is -1.84. The molecular formula is C12H12N2O2. The Balaban J connectivity index is 2.03. The first-order valence-electron chi connectivity index (χ1n) is 5.42. The van der Waals surface area contributed by atoms with E-state index < -0.39 is 5.97 Å². The largest absolute Gasteiger partial charge is 0.481 e. The molecule has 1 aliphatic carbocycles. The molecule has 0 aliphatic heterocycles. The second-order valence-electron chi connectivity index (χ2n) is 4.24. The van der Waals surface area contributed by atoms with E-state index in [0.717, 1.165) is 23.7 Å². The molecule has 2 aromatic rings. The highest BCUT2D eigenvalue weighted by Crippen LogP contribution is 2.39. The lowest BCUT2D eigenvalue weighted by Gasteiger charge is -2.33. The van der Waals surface area contributed by atoms with Gasteiger partial charge < -0.3 is 5.11 Å². The Morgan fingerprint density at radius 3 is 2.88 bits per heavy atom. The lowest BCUT2D eigenvalue weighted by molar-refractivity contribution is -0.147. The molecule has 1 aromatic carbocycles. The SMILES string of the molecule is O=C(O)C1CCC1n1ncc2ccccc21. The maximum absolute atomic E-state index is 11.0. The number of hydrogen-bond acceptors (Lipinski definition) is 2. The van der Waals surface area contributed by atoms with Gasteiger partial charge in [0.2, 0.25) is 0 Å². The molecule has 4 nitrogen and oxygen atoms in total. The second kappa shape index (κ2) is 3.33. The molecule has 2 atom stereocenters. The van der Waals surface area contributed by atoms with Crippen LogP contribution < -0.4 is 0 Å². The van der Waals surface area contributed by atoms with Crippen LogP contribution in [0.3, 0.4) is 0 Å². The zero-order valence-electron chi connectivity index (χ0n) is 8.71. The minimum atomic E-state index is -0.712. The van der Waals surface area contributed by atoms with E-state index in [1.54, 1.807) is 6.20 Å². The van der Waals surface area contributed by atoms with Gasteiger partial charge in [-0.15, -0.1) is 0 Å². The predicted octanol–water partition coefficient (Wildman–Crippen LogP) is 2.07. The molecule has 16 heavy (non-hydrogen) atoms. The van der Waals surface area contributed by atoms with Crippen molar-refractivity contribution in [1.82, 2.24) is 9.78 Å². The van der Waals surface area contributed by atoms with Gasteiger partial charge in [-0.1, -0.05) is 18.2 Å². The molecule has 0 saturated heterocycles. The van der Waals surface area contributed by atoms with Crippen LogP contribution in [-0.4, -0.2) is 20.9 Å². The third-order valence-electron chi connectivity index (χ3n) is 3.37. The number of carbonyl (C=O) groups is 1. The predicted molar refractivity (Wildman–Crippen MR) is 59.1 cm³/mol. The highest BCUT2D eigenvalue weighted by Gasteiger charge is 2.38. The number of para-hydroxylation sites is 1. The Morgan fingerprint density at radius 2 is 2.19 bits per heavy atom. The molecular weight excluding hydrogens is 204 g/mol. The van der Waals surface area contributed by atoms with E-state index in [1.807, 2.05) is 28.9 Å². The molecule has 1 fully saturated rings. The molecule has 82 valence electrons. The smallest absolute Gasteiger partial charge is 0.308 e. The maximum Gasteiger partial charge on any atom is 0.308 e. The number of nitrogens with zero attached hydrogens (tertiary/aromatic N) is 2. The van der Waals surface area contributed by atoms with Crippen molar-refractivity contribution in [2.24, 2.45) is 5.92 Å². The van der Waals surface area contributed by atoms with Crippen LogP contribution >= 0.6 is 0 Å². The summed E-state index contributed by atoms with van der Waals surface area (Å²) in [5.41, 5.74) is 1.03. The molecule has 0 amide bonds. The van der Waals surface area contributed by atoms with E-state index in [-0.39, 0.29) is 12.0 Å². The van der Waals surface area contributed by atoms with Crippen molar-refractivity contribution in [1.29, 1.82) is 0 Å². The molecule has 0 spiro atoms. The average molecular weight is 216 g/mol. The number of rotatable bonds is 2. The summed E-state index contributed by atoms with van der Waals surface area (Å²) in [6.45, 7) is 0. The Bertz CT molecular complexity index is 547. The molecule has 4 heteroatoms. The van der Waals surface area contributed by atoms with E-state index in [1.165, 1.54) is 0 Å². The van der Waals surface area contributed by atoms with Gasteiger partial charge in [-0.05, 0) is 18.9 Å². The Morgan fingerprint density at radius 1 is 1.38 bits per heavy atom. The minimum absolute atomic E-state index is 0.0254. The molecule has 1 aliphatic rings. The number of carboxylic acids is 1. The molecule has 1 heterocycles. The summed E-state index contributed by atoms with van der Waals surface area (Å²) in [5, 5.41) is 14.4. The number of carboxylic acid groups (broad SMARTS) is 1. The standard InChI is InChI=1S/C12H12N2O2/c15-12(16)9-5-6-11(9)14-10-4-2-1-3-8(10)7-13-14/h1-4,7,9,11H,5-6H2,(H,15,16). The van der Waals surface area contributed by atoms with Gasteiger partial charge in [0.15, 0.2) is 0 Å². The van der Waals surface area contributed by atoms with Crippen molar-refractivity contribution >= 4 is 16.9 Å². The lowest BCUT2D eigenvalue weighted by Crippen LogP contribution is -2.35. The van der Waals surface area contributed by atoms with Gasteiger partial charge >= 0.3 is 5.97 Å². The van der Waals surface area contributed by atoms with Gasteiger partial charge in [0, 0.05) is 5.39 Å². The first-order valence-corrected chi connectivity index (χ1v) is 5.42. The summed E-state index contributed by atoms with van der Waals surface area (Å²) >= 11 is 0. The summed E-state index contributed by atoms with van der Waals surface area (Å²) in [4.78, 5) is 11.0. The molecule has 1 N–H and O–H groups in total. The van der Waals surface area contributed by atoms with Gasteiger partial charge in [-0.2, -0.15) is 5.10 Å². The third-order valence-corrected chi connectivity index (χ3v) is 3.37. The first kappa shape index (κ1) is 9.39. The summed E-state index contributed by atoms with van der Waals surface area (Å²) < 4.78 is 1.86. The number of aliphatic carboxylic acids is 1. The molecule has 1 aromatic heterocycles. The van der Waals surface area contributed by atoms with E-state index in [4.69, 9.17) is 5.11 Å². The third kappa shape index (κ3) is 1.23. The van der Waals surface area contributed by atoms with Crippen molar-refractivity contribution in [3.05, 3.63) is 30.5 Å². The van der Waals surface area contributed by atoms with E-state index in [0.29, 0.717) is 0 Å². The monoisotopic (exact) mass is 216 g/mol. The zero-order chi connectivity index (χ0) is 11.1. The van der Waals surface area contributed by atoms with Crippen LogP contribution in [0.15, 0.2) is 30.5 Å². The van der Waals surface area contributed by atoms with Gasteiger partial charge in [-0.3, -0.25) is 9.48 Å². The molecule has 1 saturated carbocycles. The van der Waals surface area contributed by atoms with Gasteiger partial charge in [-0.25, -0.2) is 0 Å². The summed E-state index contributed by atoms with van der Waals surface area (Å²) in [7, 11) is 0. The zero-order valence-corrected chi connectivity index (χ0v) is 8.71. The molecule has 0 radical (unpaired) electrons. The fraction of sp³-hybridized carbons (Fsp3) is 0.333. The van der Waals surface area contributed by atoms with Gasteiger partial charge in [0.1, 0.15) is 0 Å². The average Bonchev–Trinajstić information content (AvgIpc) is 2.60. The topological polar surface area (TPSA) is 55.1 Å². The quantitative estimate of drug-likeness (QED) is 0.836. The molecule has 2 unspecified atom stereocenters. The van der Waals surface area contributed by atoms with Crippen LogP contribution in [0.2, 0.25) is 0 Å². The van der Waals surface area contributed by atoms with Crippen molar-refractivity contribution in [2.75, 3.05) is 0 Å². The fourth-order valence-corrected chi connectivity index (χ4v) is 2.32. The minimum Gasteiger partial charge on any atom is -0.481 e. The normalized spacial score (nSPS) is 24.2.